The standard InChI is InChI=1S/C33H38OP/c1-26(20-21-32-27(2)24-28(34)25-33(32,3)4)22-23-35(29-14-8-5-9-15-29,30-16-10-6-11-17-30)31-18-12-7-13-19-31/h5-22,28,34H,23-25H2,1-4H3/q+1/b21-20+,26-22-/t28-/m1/s1. The summed E-state index contributed by atoms with van der Waals surface area (Å²) in [5, 5.41) is 14.5. The van der Waals surface area contributed by atoms with Gasteiger partial charge in [0.25, 0.3) is 0 Å². The van der Waals surface area contributed by atoms with Crippen molar-refractivity contribution in [1.82, 2.24) is 0 Å². The van der Waals surface area contributed by atoms with Gasteiger partial charge in [-0.3, -0.25) is 0 Å². The van der Waals surface area contributed by atoms with Gasteiger partial charge >= 0.3 is 0 Å². The summed E-state index contributed by atoms with van der Waals surface area (Å²) < 4.78 is 0. The molecule has 1 aliphatic carbocycles. The minimum atomic E-state index is -1.86. The second-order valence-electron chi connectivity index (χ2n) is 10.4. The van der Waals surface area contributed by atoms with Crippen molar-refractivity contribution in [2.75, 3.05) is 6.16 Å². The number of benzene rings is 3. The maximum Gasteiger partial charge on any atom is 0.115 e. The zero-order valence-corrected chi connectivity index (χ0v) is 22.4. The van der Waals surface area contributed by atoms with Crippen LogP contribution in [0.2, 0.25) is 0 Å². The van der Waals surface area contributed by atoms with Crippen LogP contribution in [0.4, 0.5) is 0 Å². The van der Waals surface area contributed by atoms with E-state index in [0.717, 1.165) is 19.0 Å². The Balaban J connectivity index is 1.76. The van der Waals surface area contributed by atoms with Crippen molar-refractivity contribution >= 4 is 23.2 Å². The highest BCUT2D eigenvalue weighted by Crippen LogP contribution is 2.55. The van der Waals surface area contributed by atoms with Crippen LogP contribution in [0.25, 0.3) is 0 Å². The summed E-state index contributed by atoms with van der Waals surface area (Å²) in [5.74, 6) is 0. The Morgan fingerprint density at radius 1 is 0.857 bits per heavy atom. The minimum absolute atomic E-state index is 0.00654. The van der Waals surface area contributed by atoms with Gasteiger partial charge in [0, 0.05) is 0 Å². The second-order valence-corrected chi connectivity index (χ2v) is 14.0. The van der Waals surface area contributed by atoms with Gasteiger partial charge < -0.3 is 5.11 Å². The normalized spacial score (nSPS) is 18.8. The lowest BCUT2D eigenvalue weighted by molar-refractivity contribution is 0.116. The summed E-state index contributed by atoms with van der Waals surface area (Å²) >= 11 is 0. The average molecular weight is 482 g/mol. The molecule has 0 saturated carbocycles. The molecule has 0 saturated heterocycles. The molecule has 0 aliphatic heterocycles. The molecule has 35 heavy (non-hydrogen) atoms. The van der Waals surface area contributed by atoms with E-state index >= 15 is 0 Å². The molecular weight excluding hydrogens is 443 g/mol. The van der Waals surface area contributed by atoms with Crippen LogP contribution >= 0.6 is 7.26 Å². The molecule has 0 unspecified atom stereocenters. The van der Waals surface area contributed by atoms with Gasteiger partial charge in [-0.2, -0.15) is 0 Å². The molecule has 0 bridgehead atoms. The van der Waals surface area contributed by atoms with E-state index in [-0.39, 0.29) is 11.5 Å². The Morgan fingerprint density at radius 3 is 1.74 bits per heavy atom. The van der Waals surface area contributed by atoms with Gasteiger partial charge in [0.2, 0.25) is 0 Å². The zero-order chi connectivity index (χ0) is 24.9. The van der Waals surface area contributed by atoms with Gasteiger partial charge in [-0.15, -0.1) is 0 Å². The van der Waals surface area contributed by atoms with E-state index in [2.05, 4.69) is 137 Å². The molecule has 2 heteroatoms. The molecule has 1 nitrogen and oxygen atoms in total. The quantitative estimate of drug-likeness (QED) is 0.285. The van der Waals surface area contributed by atoms with Crippen LogP contribution < -0.4 is 15.9 Å². The van der Waals surface area contributed by atoms with Crippen molar-refractivity contribution < 1.29 is 5.11 Å². The Hall–Kier alpha value is -2.73. The molecule has 1 atom stereocenters. The lowest BCUT2D eigenvalue weighted by Gasteiger charge is -2.35. The highest BCUT2D eigenvalue weighted by Gasteiger charge is 2.44. The number of hydrogen-bond acceptors (Lipinski definition) is 1. The first kappa shape index (κ1) is 25.4. The van der Waals surface area contributed by atoms with Gasteiger partial charge in [0.05, 0.1) is 12.3 Å². The van der Waals surface area contributed by atoms with E-state index in [9.17, 15) is 5.11 Å². The van der Waals surface area contributed by atoms with E-state index < -0.39 is 7.26 Å². The molecule has 0 aromatic heterocycles. The highest BCUT2D eigenvalue weighted by atomic mass is 31.2. The molecule has 1 aliphatic rings. The lowest BCUT2D eigenvalue weighted by atomic mass is 9.71. The largest absolute Gasteiger partial charge is 0.393 e. The average Bonchev–Trinajstić information content (AvgIpc) is 2.85. The van der Waals surface area contributed by atoms with Crippen molar-refractivity contribution in [2.24, 2.45) is 5.41 Å². The Kier molecular flexibility index (Phi) is 7.90. The summed E-state index contributed by atoms with van der Waals surface area (Å²) in [6.45, 7) is 8.87. The molecular formula is C33H38OP+. The zero-order valence-electron chi connectivity index (χ0n) is 21.5. The van der Waals surface area contributed by atoms with Crippen molar-refractivity contribution in [3.63, 3.8) is 0 Å². The van der Waals surface area contributed by atoms with Crippen LogP contribution in [0.3, 0.4) is 0 Å². The third kappa shape index (κ3) is 5.58. The SMILES string of the molecule is CC1=C(/C=C/C(C)=C\C[P+](c2ccccc2)(c2ccccc2)c2ccccc2)C(C)(C)C[C@H](O)C1. The van der Waals surface area contributed by atoms with Crippen molar-refractivity contribution in [1.29, 1.82) is 0 Å². The third-order valence-electron chi connectivity index (χ3n) is 7.27. The minimum Gasteiger partial charge on any atom is -0.393 e. The van der Waals surface area contributed by atoms with Crippen LogP contribution in [0, 0.1) is 5.41 Å². The predicted octanol–water partition coefficient (Wildman–Crippen LogP) is 6.98. The summed E-state index contributed by atoms with van der Waals surface area (Å²) in [6.07, 6.45) is 9.33. The second kappa shape index (κ2) is 10.9. The number of allylic oxidation sites excluding steroid dienone is 5. The van der Waals surface area contributed by atoms with Gasteiger partial charge in [-0.05, 0) is 80.2 Å². The monoisotopic (exact) mass is 481 g/mol. The first-order chi connectivity index (χ1) is 16.8. The number of hydrogen-bond donors (Lipinski definition) is 1. The third-order valence-corrected chi connectivity index (χ3v) is 11.5. The summed E-state index contributed by atoms with van der Waals surface area (Å²) in [5.41, 5.74) is 3.94. The summed E-state index contributed by atoms with van der Waals surface area (Å²) in [7, 11) is -1.86. The van der Waals surface area contributed by atoms with E-state index in [1.165, 1.54) is 32.6 Å². The van der Waals surface area contributed by atoms with E-state index in [0.29, 0.717) is 0 Å². The fraction of sp³-hybridized carbons (Fsp3) is 0.273. The van der Waals surface area contributed by atoms with Crippen molar-refractivity contribution in [2.45, 2.75) is 46.6 Å². The van der Waals surface area contributed by atoms with Gasteiger partial charge in [-0.25, -0.2) is 0 Å². The van der Waals surface area contributed by atoms with E-state index in [1.807, 2.05) is 0 Å². The number of rotatable bonds is 7. The van der Waals surface area contributed by atoms with E-state index in [4.69, 9.17) is 0 Å². The highest BCUT2D eigenvalue weighted by molar-refractivity contribution is 7.95. The predicted molar refractivity (Wildman–Crippen MR) is 155 cm³/mol. The Morgan fingerprint density at radius 2 is 1.31 bits per heavy atom. The van der Waals surface area contributed by atoms with Gasteiger partial charge in [-0.1, -0.05) is 91.7 Å². The van der Waals surface area contributed by atoms with Crippen molar-refractivity contribution in [3.05, 3.63) is 126 Å². The molecule has 3 aromatic rings. The number of aliphatic hydroxyl groups is 1. The maximum atomic E-state index is 10.2. The molecule has 3 aromatic carbocycles. The van der Waals surface area contributed by atoms with Crippen LogP contribution in [-0.4, -0.2) is 17.4 Å². The smallest absolute Gasteiger partial charge is 0.115 e. The molecule has 0 radical (unpaired) electrons. The van der Waals surface area contributed by atoms with E-state index in [1.54, 1.807) is 0 Å². The van der Waals surface area contributed by atoms with Crippen LogP contribution in [0.15, 0.2) is 126 Å². The summed E-state index contributed by atoms with van der Waals surface area (Å²) in [4.78, 5) is 0. The fourth-order valence-electron chi connectivity index (χ4n) is 5.55. The molecule has 0 heterocycles. The topological polar surface area (TPSA) is 20.2 Å². The van der Waals surface area contributed by atoms with Crippen LogP contribution in [0.1, 0.15) is 40.5 Å². The van der Waals surface area contributed by atoms with Gasteiger partial charge in [0.15, 0.2) is 0 Å². The molecule has 0 amide bonds. The molecule has 1 N–H and O–H groups in total. The Bertz CT molecular complexity index is 1110. The van der Waals surface area contributed by atoms with Crippen LogP contribution in [0.5, 0.6) is 0 Å². The van der Waals surface area contributed by atoms with Gasteiger partial charge in [0.1, 0.15) is 23.2 Å². The molecule has 0 fully saturated rings. The Labute approximate surface area is 212 Å². The number of aliphatic hydroxyl groups excluding tert-OH is 1. The molecule has 4 rings (SSSR count). The maximum absolute atomic E-state index is 10.2. The van der Waals surface area contributed by atoms with Crippen molar-refractivity contribution in [3.8, 4) is 0 Å². The first-order valence-electron chi connectivity index (χ1n) is 12.6. The molecule has 0 spiro atoms. The fourth-order valence-corrected chi connectivity index (χ4v) is 9.69. The lowest BCUT2D eigenvalue weighted by Crippen LogP contribution is -2.33. The molecule has 180 valence electrons. The van der Waals surface area contributed by atoms with Crippen LogP contribution in [-0.2, 0) is 0 Å². The summed E-state index contributed by atoms with van der Waals surface area (Å²) in [6, 6.07) is 33.1. The first-order valence-corrected chi connectivity index (χ1v) is 14.6.